The highest BCUT2D eigenvalue weighted by Gasteiger charge is 2.36. The van der Waals surface area contributed by atoms with Crippen LogP contribution in [0.1, 0.15) is 34.1 Å². The van der Waals surface area contributed by atoms with Crippen molar-refractivity contribution in [1.82, 2.24) is 15.3 Å². The average molecular weight is 652 g/mol. The number of carbonyl (C=O) groups excluding carboxylic acids is 2. The predicted molar refractivity (Wildman–Crippen MR) is 165 cm³/mol. The number of nitrogen functional groups attached to an aromatic ring is 1. The van der Waals surface area contributed by atoms with Crippen LogP contribution in [0.2, 0.25) is 5.02 Å². The number of pyridine rings is 1. The topological polar surface area (TPSA) is 176 Å². The molecule has 0 aliphatic carbocycles. The first-order valence-electron chi connectivity index (χ1n) is 13.9. The molecule has 1 atom stereocenters. The quantitative estimate of drug-likeness (QED) is 0.150. The summed E-state index contributed by atoms with van der Waals surface area (Å²) in [7, 11) is 1.39. The van der Waals surface area contributed by atoms with Gasteiger partial charge in [0.1, 0.15) is 34.4 Å². The molecule has 2 aromatic heterocycles. The number of hydrogen-bond acceptors (Lipinski definition) is 9. The fourth-order valence-corrected chi connectivity index (χ4v) is 5.14. The molecule has 0 radical (unpaired) electrons. The molecular weight excluding hydrogens is 624 g/mol. The van der Waals surface area contributed by atoms with Crippen molar-refractivity contribution in [2.45, 2.75) is 18.9 Å². The smallest absolute Gasteiger partial charge is 0.293 e. The van der Waals surface area contributed by atoms with Gasteiger partial charge in [0.15, 0.2) is 11.1 Å². The maximum absolute atomic E-state index is 15.3. The van der Waals surface area contributed by atoms with Gasteiger partial charge in [-0.15, -0.1) is 0 Å². The van der Waals surface area contributed by atoms with Gasteiger partial charge in [0.05, 0.1) is 37.4 Å². The lowest BCUT2D eigenvalue weighted by atomic mass is 9.87. The van der Waals surface area contributed by atoms with Gasteiger partial charge in [-0.3, -0.25) is 9.59 Å². The Morgan fingerprint density at radius 3 is 2.50 bits per heavy atom. The van der Waals surface area contributed by atoms with Crippen LogP contribution in [0.25, 0.3) is 22.4 Å². The van der Waals surface area contributed by atoms with Crippen LogP contribution in [0, 0.1) is 11.6 Å². The van der Waals surface area contributed by atoms with E-state index in [1.807, 2.05) is 0 Å². The number of carbonyl (C=O) groups is 2. The molecular formula is C32H28ClF2N5O6. The number of anilines is 1. The number of amides is 2. The zero-order valence-electron chi connectivity index (χ0n) is 24.6. The number of aliphatic hydroxyl groups is 1. The van der Waals surface area contributed by atoms with Crippen molar-refractivity contribution < 1.29 is 37.4 Å². The lowest BCUT2D eigenvalue weighted by Gasteiger charge is -2.30. The number of methoxy groups -OCH3 is 1. The highest BCUT2D eigenvalue weighted by atomic mass is 35.5. The molecule has 5 rings (SSSR count). The first kappa shape index (κ1) is 32.1. The van der Waals surface area contributed by atoms with Crippen molar-refractivity contribution in [3.63, 3.8) is 0 Å². The third-order valence-electron chi connectivity index (χ3n) is 7.11. The van der Waals surface area contributed by atoms with Crippen molar-refractivity contribution in [2.75, 3.05) is 26.0 Å². The lowest BCUT2D eigenvalue weighted by Crippen LogP contribution is -2.42. The highest BCUT2D eigenvalue weighted by molar-refractivity contribution is 6.31. The summed E-state index contributed by atoms with van der Waals surface area (Å²) >= 11 is 6.01. The number of fused-ring (bicyclic) bond motifs is 1. The van der Waals surface area contributed by atoms with Gasteiger partial charge in [0.25, 0.3) is 11.9 Å². The van der Waals surface area contributed by atoms with Crippen LogP contribution in [0.15, 0.2) is 65.1 Å². The number of nitrogens with two attached hydrogens (primary N) is 2. The maximum atomic E-state index is 15.3. The molecule has 238 valence electrons. The average Bonchev–Trinajstić information content (AvgIpc) is 3.42. The number of nitrogens with one attached hydrogen (secondary N) is 1. The molecule has 0 unspecified atom stereocenters. The molecule has 0 fully saturated rings. The van der Waals surface area contributed by atoms with Gasteiger partial charge in [-0.1, -0.05) is 41.9 Å². The normalized spacial score (nSPS) is 12.5. The largest absolute Gasteiger partial charge is 0.494 e. The third-order valence-corrected chi connectivity index (χ3v) is 7.40. The molecule has 0 aliphatic rings. The molecule has 6 N–H and O–H groups in total. The van der Waals surface area contributed by atoms with Gasteiger partial charge in [-0.05, 0) is 36.8 Å². The van der Waals surface area contributed by atoms with Gasteiger partial charge in [-0.2, -0.15) is 4.98 Å². The Hall–Kier alpha value is -5.27. The minimum Gasteiger partial charge on any atom is -0.494 e. The van der Waals surface area contributed by atoms with E-state index in [0.29, 0.717) is 11.6 Å². The summed E-state index contributed by atoms with van der Waals surface area (Å²) in [5, 5.41) is 14.7. The maximum Gasteiger partial charge on any atom is 0.293 e. The van der Waals surface area contributed by atoms with Crippen LogP contribution in [0.5, 0.6) is 11.5 Å². The van der Waals surface area contributed by atoms with Crippen molar-refractivity contribution in [1.29, 1.82) is 0 Å². The molecule has 5 aromatic rings. The summed E-state index contributed by atoms with van der Waals surface area (Å²) in [5.74, 6) is -3.19. The van der Waals surface area contributed by atoms with Gasteiger partial charge in [-0.25, -0.2) is 13.8 Å². The van der Waals surface area contributed by atoms with Crippen LogP contribution in [0.4, 0.5) is 14.8 Å². The summed E-state index contributed by atoms with van der Waals surface area (Å²) in [6.07, 6.45) is -0.383. The van der Waals surface area contributed by atoms with Crippen LogP contribution in [-0.4, -0.2) is 47.2 Å². The predicted octanol–water partition coefficient (Wildman–Crippen LogP) is 4.50. The monoisotopic (exact) mass is 651 g/mol. The highest BCUT2D eigenvalue weighted by Crippen LogP contribution is 2.40. The van der Waals surface area contributed by atoms with E-state index in [1.54, 1.807) is 37.3 Å². The zero-order valence-corrected chi connectivity index (χ0v) is 25.3. The number of halogens is 3. The Bertz CT molecular complexity index is 1960. The van der Waals surface area contributed by atoms with Crippen LogP contribution >= 0.6 is 11.6 Å². The molecule has 0 saturated heterocycles. The summed E-state index contributed by atoms with van der Waals surface area (Å²) in [4.78, 5) is 34.2. The van der Waals surface area contributed by atoms with E-state index in [-0.39, 0.29) is 69.8 Å². The Kier molecular flexibility index (Phi) is 9.08. The summed E-state index contributed by atoms with van der Waals surface area (Å²) in [5.41, 5.74) is 9.68. The number of nitrogens with zero attached hydrogens (tertiary/aromatic N) is 2. The molecule has 2 heterocycles. The van der Waals surface area contributed by atoms with E-state index in [4.69, 9.17) is 37.0 Å². The molecule has 0 spiro atoms. The summed E-state index contributed by atoms with van der Waals surface area (Å²) in [6.45, 7) is 1.28. The molecule has 11 nitrogen and oxygen atoms in total. The number of aromatic nitrogens is 2. The number of primary amides is 1. The Balaban J connectivity index is 1.66. The first-order chi connectivity index (χ1) is 21.9. The molecule has 2 amide bonds. The van der Waals surface area contributed by atoms with Gasteiger partial charge < -0.3 is 35.8 Å². The second-order valence-corrected chi connectivity index (χ2v) is 10.6. The molecule has 0 bridgehead atoms. The number of hydrogen-bond donors (Lipinski definition) is 4. The SMILES string of the molecule is CCOc1c(CC(N)=O)cc([C@@](O)(CNC(=O)c2cc(OC)c3nc(N)oc3c2)c2ccccc2)nc1-c1cc(Cl)c(F)cc1F. The number of rotatable bonds is 11. The van der Waals surface area contributed by atoms with Gasteiger partial charge in [0.2, 0.25) is 5.91 Å². The van der Waals surface area contributed by atoms with Gasteiger partial charge >= 0.3 is 0 Å². The summed E-state index contributed by atoms with van der Waals surface area (Å²) < 4.78 is 45.9. The number of benzene rings is 3. The van der Waals surface area contributed by atoms with Gasteiger partial charge in [0, 0.05) is 22.8 Å². The van der Waals surface area contributed by atoms with E-state index >= 15 is 4.39 Å². The van der Waals surface area contributed by atoms with E-state index in [2.05, 4.69) is 15.3 Å². The van der Waals surface area contributed by atoms with Crippen LogP contribution < -0.4 is 26.3 Å². The number of oxazole rings is 1. The summed E-state index contributed by atoms with van der Waals surface area (Å²) in [6, 6.07) is 14.0. The standard InChI is InChI=1S/C32H28ClF2N5O6/c1-3-45-29-16(12-26(36)41)11-25(39-27(29)19-13-20(33)22(35)14-21(19)34)32(43,18-7-5-4-6-8-18)15-38-30(42)17-9-23(44-2)28-24(10-17)46-31(37)40-28/h4-11,13-14,43H,3,12,15H2,1-2H3,(H2,36,41)(H2,37,40)(H,38,42)/t32-/m1/s1. The minimum absolute atomic E-state index is 0.0159. The fourth-order valence-electron chi connectivity index (χ4n) is 4.98. The van der Waals surface area contributed by atoms with E-state index < -0.39 is 40.6 Å². The van der Waals surface area contributed by atoms with Crippen molar-refractivity contribution in [2.24, 2.45) is 5.73 Å². The van der Waals surface area contributed by atoms with Crippen LogP contribution in [-0.2, 0) is 16.8 Å². The van der Waals surface area contributed by atoms with Crippen LogP contribution in [0.3, 0.4) is 0 Å². The fraction of sp³-hybridized carbons (Fsp3) is 0.188. The first-order valence-corrected chi connectivity index (χ1v) is 14.2. The van der Waals surface area contributed by atoms with E-state index in [1.165, 1.54) is 25.3 Å². The second-order valence-electron chi connectivity index (χ2n) is 10.2. The minimum atomic E-state index is -2.08. The Morgan fingerprint density at radius 1 is 1.09 bits per heavy atom. The molecule has 14 heteroatoms. The Labute approximate surface area is 266 Å². The Morgan fingerprint density at radius 2 is 1.83 bits per heavy atom. The lowest BCUT2D eigenvalue weighted by molar-refractivity contribution is -0.117. The second kappa shape index (κ2) is 13.0. The van der Waals surface area contributed by atoms with Crippen molar-refractivity contribution >= 4 is 40.5 Å². The van der Waals surface area contributed by atoms with E-state index in [0.717, 1.165) is 6.07 Å². The van der Waals surface area contributed by atoms with Crippen molar-refractivity contribution in [3.05, 3.63) is 99.7 Å². The van der Waals surface area contributed by atoms with E-state index in [9.17, 15) is 19.1 Å². The molecule has 0 saturated carbocycles. The molecule has 0 aliphatic heterocycles. The molecule has 3 aromatic carbocycles. The third kappa shape index (κ3) is 6.28. The van der Waals surface area contributed by atoms with Crippen molar-refractivity contribution in [3.8, 4) is 22.8 Å². The number of ether oxygens (including phenoxy) is 2. The molecule has 46 heavy (non-hydrogen) atoms. The zero-order chi connectivity index (χ0) is 33.2.